The van der Waals surface area contributed by atoms with Gasteiger partial charge in [0.15, 0.2) is 4.77 Å². The maximum absolute atomic E-state index is 12.6. The molecule has 2 atom stereocenters. The molecule has 144 valence electrons. The Kier molecular flexibility index (Phi) is 5.69. The molecule has 4 nitrogen and oxygen atoms in total. The monoisotopic (exact) mass is 432 g/mol. The van der Waals surface area contributed by atoms with Crippen molar-refractivity contribution in [2.75, 3.05) is 0 Å². The number of halogens is 2. The van der Waals surface area contributed by atoms with Crippen molar-refractivity contribution in [1.29, 1.82) is 0 Å². The van der Waals surface area contributed by atoms with Crippen molar-refractivity contribution in [3.63, 3.8) is 0 Å². The number of hydrogen-bond acceptors (Lipinski definition) is 3. The number of hydrogen-bond donors (Lipinski definition) is 2. The molecule has 2 N–H and O–H groups in total. The Bertz CT molecular complexity index is 1110. The van der Waals surface area contributed by atoms with E-state index in [4.69, 9.17) is 40.2 Å². The van der Waals surface area contributed by atoms with Gasteiger partial charge < -0.3 is 9.72 Å². The molecule has 2 unspecified atom stereocenters. The maximum Gasteiger partial charge on any atom is 0.258 e. The SMILES string of the molecule is O=c1[nH]c(=S)[nH]c2c1C(c1ccc(Cl)c(Cl)c1)OC(CCc1ccccc1)C2. The molecule has 0 spiro atoms. The molecule has 0 saturated heterocycles. The number of benzene rings is 2. The first-order valence-corrected chi connectivity index (χ1v) is 10.2. The molecule has 4 rings (SSSR count). The van der Waals surface area contributed by atoms with Crippen LogP contribution in [0.1, 0.15) is 34.9 Å². The van der Waals surface area contributed by atoms with Crippen molar-refractivity contribution < 1.29 is 4.74 Å². The van der Waals surface area contributed by atoms with E-state index >= 15 is 0 Å². The van der Waals surface area contributed by atoms with Gasteiger partial charge in [0, 0.05) is 12.1 Å². The first-order valence-electron chi connectivity index (χ1n) is 9.01. The lowest BCUT2D eigenvalue weighted by atomic mass is 9.93. The summed E-state index contributed by atoms with van der Waals surface area (Å²) in [4.78, 5) is 18.4. The van der Waals surface area contributed by atoms with Crippen molar-refractivity contribution in [2.24, 2.45) is 0 Å². The summed E-state index contributed by atoms with van der Waals surface area (Å²) in [6.45, 7) is 0. The molecule has 3 aromatic rings. The number of fused-ring (bicyclic) bond motifs is 1. The molecule has 1 aliphatic heterocycles. The van der Waals surface area contributed by atoms with Crippen molar-refractivity contribution >= 4 is 35.4 Å². The van der Waals surface area contributed by atoms with Gasteiger partial charge in [-0.25, -0.2) is 0 Å². The van der Waals surface area contributed by atoms with E-state index in [1.807, 2.05) is 24.3 Å². The van der Waals surface area contributed by atoms with Crippen molar-refractivity contribution in [3.8, 4) is 0 Å². The summed E-state index contributed by atoms with van der Waals surface area (Å²) in [7, 11) is 0. The van der Waals surface area contributed by atoms with Crippen molar-refractivity contribution in [1.82, 2.24) is 9.97 Å². The van der Waals surface area contributed by atoms with Crippen LogP contribution in [0.5, 0.6) is 0 Å². The molecule has 0 bridgehead atoms. The Morgan fingerprint density at radius 2 is 1.86 bits per heavy atom. The normalized spacial score (nSPS) is 18.6. The molecule has 28 heavy (non-hydrogen) atoms. The number of rotatable bonds is 4. The molecule has 0 fully saturated rings. The number of aromatic amines is 2. The maximum atomic E-state index is 12.6. The van der Waals surface area contributed by atoms with E-state index in [9.17, 15) is 4.79 Å². The van der Waals surface area contributed by atoms with Gasteiger partial charge in [0.2, 0.25) is 0 Å². The zero-order chi connectivity index (χ0) is 19.7. The minimum Gasteiger partial charge on any atom is -0.365 e. The van der Waals surface area contributed by atoms with E-state index in [0.717, 1.165) is 24.1 Å². The van der Waals surface area contributed by atoms with Crippen LogP contribution < -0.4 is 5.56 Å². The Morgan fingerprint density at radius 1 is 1.07 bits per heavy atom. The summed E-state index contributed by atoms with van der Waals surface area (Å²) in [5.74, 6) is 0. The minimum atomic E-state index is -0.533. The Morgan fingerprint density at radius 3 is 2.61 bits per heavy atom. The van der Waals surface area contributed by atoms with E-state index in [-0.39, 0.29) is 11.7 Å². The van der Waals surface area contributed by atoms with Gasteiger partial charge in [-0.15, -0.1) is 0 Å². The first kappa shape index (κ1) is 19.4. The fourth-order valence-electron chi connectivity index (χ4n) is 3.58. The van der Waals surface area contributed by atoms with Crippen LogP contribution in [-0.2, 0) is 17.6 Å². The Hall–Kier alpha value is -1.92. The largest absolute Gasteiger partial charge is 0.365 e. The zero-order valence-corrected chi connectivity index (χ0v) is 17.2. The Labute approximate surface area is 177 Å². The van der Waals surface area contributed by atoms with Crippen LogP contribution in [0.25, 0.3) is 0 Å². The molecular formula is C21H18Cl2N2O2S. The lowest BCUT2D eigenvalue weighted by Crippen LogP contribution is -2.34. The number of aromatic nitrogens is 2. The molecule has 7 heteroatoms. The highest BCUT2D eigenvalue weighted by atomic mass is 35.5. The van der Waals surface area contributed by atoms with Gasteiger partial charge >= 0.3 is 0 Å². The molecule has 0 radical (unpaired) electrons. The topological polar surface area (TPSA) is 57.9 Å². The zero-order valence-electron chi connectivity index (χ0n) is 14.9. The highest BCUT2D eigenvalue weighted by molar-refractivity contribution is 7.71. The van der Waals surface area contributed by atoms with Crippen LogP contribution in [-0.4, -0.2) is 16.1 Å². The van der Waals surface area contributed by atoms with Gasteiger partial charge in [-0.05, 0) is 48.3 Å². The van der Waals surface area contributed by atoms with Gasteiger partial charge in [-0.2, -0.15) is 0 Å². The lowest BCUT2D eigenvalue weighted by molar-refractivity contribution is -0.0103. The molecular weight excluding hydrogens is 415 g/mol. The van der Waals surface area contributed by atoms with Gasteiger partial charge in [0.1, 0.15) is 6.10 Å². The quantitative estimate of drug-likeness (QED) is 0.542. The standard InChI is InChI=1S/C21H18Cl2N2O2S/c22-15-9-7-13(10-16(15)23)19-18-17(24-21(28)25-20(18)26)11-14(27-19)8-6-12-4-2-1-3-5-12/h1-5,7,9-10,14,19H,6,8,11H2,(H2,24,25,26,28). The van der Waals surface area contributed by atoms with E-state index < -0.39 is 6.10 Å². The Balaban J connectivity index is 1.69. The number of nitrogens with one attached hydrogen (secondary N) is 2. The fraction of sp³-hybridized carbons (Fsp3) is 0.238. The van der Waals surface area contributed by atoms with E-state index in [2.05, 4.69) is 22.1 Å². The van der Waals surface area contributed by atoms with E-state index in [0.29, 0.717) is 26.8 Å². The van der Waals surface area contributed by atoms with Crippen molar-refractivity contribution in [2.45, 2.75) is 31.5 Å². The first-order chi connectivity index (χ1) is 13.5. The summed E-state index contributed by atoms with van der Waals surface area (Å²) in [6, 6.07) is 15.6. The van der Waals surface area contributed by atoms with Crippen molar-refractivity contribution in [3.05, 3.63) is 96.1 Å². The molecule has 0 saturated carbocycles. The van der Waals surface area contributed by atoms with Gasteiger partial charge in [0.05, 0.1) is 21.7 Å². The van der Waals surface area contributed by atoms with Gasteiger partial charge in [-0.3, -0.25) is 9.78 Å². The molecule has 0 amide bonds. The summed E-state index contributed by atoms with van der Waals surface area (Å²) in [5.41, 5.74) is 3.16. The minimum absolute atomic E-state index is 0.0559. The van der Waals surface area contributed by atoms with Crippen LogP contribution in [0.2, 0.25) is 10.0 Å². The second-order valence-corrected chi connectivity index (χ2v) is 8.06. The predicted octanol–water partition coefficient (Wildman–Crippen LogP) is 5.40. The van der Waals surface area contributed by atoms with Crippen LogP contribution in [0.15, 0.2) is 53.3 Å². The highest BCUT2D eigenvalue weighted by Gasteiger charge is 2.32. The van der Waals surface area contributed by atoms with Gasteiger partial charge in [-0.1, -0.05) is 59.6 Å². The molecule has 1 aliphatic rings. The number of H-pyrrole nitrogens is 2. The number of aryl methyl sites for hydroxylation is 1. The lowest BCUT2D eigenvalue weighted by Gasteiger charge is -2.32. The smallest absolute Gasteiger partial charge is 0.258 e. The second-order valence-electron chi connectivity index (χ2n) is 6.84. The van der Waals surface area contributed by atoms with E-state index in [1.54, 1.807) is 12.1 Å². The highest BCUT2D eigenvalue weighted by Crippen LogP contribution is 2.36. The van der Waals surface area contributed by atoms with Crippen LogP contribution in [0.4, 0.5) is 0 Å². The van der Waals surface area contributed by atoms with Crippen LogP contribution >= 0.6 is 35.4 Å². The molecule has 1 aromatic heterocycles. The second kappa shape index (κ2) is 8.21. The summed E-state index contributed by atoms with van der Waals surface area (Å²) in [6.07, 6.45) is 1.73. The van der Waals surface area contributed by atoms with Gasteiger partial charge in [0.25, 0.3) is 5.56 Å². The summed E-state index contributed by atoms with van der Waals surface area (Å²) >= 11 is 17.4. The average molecular weight is 433 g/mol. The summed E-state index contributed by atoms with van der Waals surface area (Å²) < 4.78 is 6.68. The third kappa shape index (κ3) is 4.08. The number of ether oxygens (including phenoxy) is 1. The average Bonchev–Trinajstić information content (AvgIpc) is 2.68. The van der Waals surface area contributed by atoms with E-state index in [1.165, 1.54) is 5.56 Å². The van der Waals surface area contributed by atoms with Crippen LogP contribution in [0, 0.1) is 4.77 Å². The molecule has 0 aliphatic carbocycles. The summed E-state index contributed by atoms with van der Waals surface area (Å²) in [5, 5.41) is 0.888. The fourth-order valence-corrected chi connectivity index (χ4v) is 4.10. The predicted molar refractivity (Wildman–Crippen MR) is 114 cm³/mol. The molecule has 2 aromatic carbocycles. The van der Waals surface area contributed by atoms with Crippen LogP contribution in [0.3, 0.4) is 0 Å². The molecule has 2 heterocycles. The third-order valence-electron chi connectivity index (χ3n) is 4.93. The third-order valence-corrected chi connectivity index (χ3v) is 5.87.